The van der Waals surface area contributed by atoms with Gasteiger partial charge in [0.1, 0.15) is 5.75 Å². The smallest absolute Gasteiger partial charge is 0.416 e. The molecule has 1 amide bonds. The molecule has 1 atom stereocenters. The summed E-state index contributed by atoms with van der Waals surface area (Å²) in [6.45, 7) is 1.54. The Bertz CT molecular complexity index is 1250. The van der Waals surface area contributed by atoms with Crippen molar-refractivity contribution >= 4 is 38.9 Å². The van der Waals surface area contributed by atoms with Crippen LogP contribution in [0.2, 0.25) is 5.02 Å². The number of hydrogen-bond donors (Lipinski definition) is 2. The number of sulfonamides is 1. The molecule has 0 unspecified atom stereocenters. The maximum absolute atomic E-state index is 12.8. The van der Waals surface area contributed by atoms with E-state index < -0.39 is 33.8 Å². The lowest BCUT2D eigenvalue weighted by Gasteiger charge is -2.15. The number of alkyl halides is 3. The molecule has 3 aromatic carbocycles. The second kappa shape index (κ2) is 9.72. The van der Waals surface area contributed by atoms with Crippen molar-refractivity contribution in [2.75, 3.05) is 10.0 Å². The minimum atomic E-state index is -4.60. The number of hydrogen-bond acceptors (Lipinski definition) is 4. The molecule has 0 heterocycles. The lowest BCUT2D eigenvalue weighted by atomic mass is 10.2. The van der Waals surface area contributed by atoms with Crippen LogP contribution in [0.4, 0.5) is 24.5 Å². The van der Waals surface area contributed by atoms with Crippen molar-refractivity contribution in [2.24, 2.45) is 0 Å². The maximum atomic E-state index is 12.8. The van der Waals surface area contributed by atoms with Crippen LogP contribution >= 0.6 is 11.6 Å². The Kier molecular flexibility index (Phi) is 7.19. The van der Waals surface area contributed by atoms with E-state index in [1.54, 1.807) is 24.3 Å². The van der Waals surface area contributed by atoms with Gasteiger partial charge in [0.2, 0.25) is 0 Å². The van der Waals surface area contributed by atoms with Gasteiger partial charge in [-0.1, -0.05) is 23.7 Å². The second-order valence-corrected chi connectivity index (χ2v) is 9.03. The number of benzene rings is 3. The zero-order chi connectivity index (χ0) is 24.2. The molecule has 11 heteroatoms. The molecule has 3 rings (SSSR count). The first kappa shape index (κ1) is 24.4. The highest BCUT2D eigenvalue weighted by Gasteiger charge is 2.30. The zero-order valence-corrected chi connectivity index (χ0v) is 18.6. The van der Waals surface area contributed by atoms with E-state index in [4.69, 9.17) is 16.3 Å². The number of amides is 1. The van der Waals surface area contributed by atoms with E-state index in [0.29, 0.717) is 22.5 Å². The van der Waals surface area contributed by atoms with Crippen molar-refractivity contribution in [3.05, 3.63) is 83.4 Å². The van der Waals surface area contributed by atoms with E-state index in [0.717, 1.165) is 12.1 Å². The Hall–Kier alpha value is -3.24. The lowest BCUT2D eigenvalue weighted by molar-refractivity contribution is -0.137. The summed E-state index contributed by atoms with van der Waals surface area (Å²) in [6, 6.07) is 15.5. The van der Waals surface area contributed by atoms with Gasteiger partial charge in [-0.3, -0.25) is 9.52 Å². The van der Waals surface area contributed by atoms with Gasteiger partial charge in [0.15, 0.2) is 6.10 Å². The van der Waals surface area contributed by atoms with Gasteiger partial charge in [-0.25, -0.2) is 8.42 Å². The summed E-state index contributed by atoms with van der Waals surface area (Å²) in [5.41, 5.74) is -0.899. The number of anilines is 2. The zero-order valence-electron chi connectivity index (χ0n) is 17.1. The van der Waals surface area contributed by atoms with Crippen LogP contribution in [0.15, 0.2) is 77.7 Å². The van der Waals surface area contributed by atoms with Gasteiger partial charge in [-0.2, -0.15) is 13.2 Å². The second-order valence-electron chi connectivity index (χ2n) is 6.92. The van der Waals surface area contributed by atoms with E-state index in [1.165, 1.54) is 37.3 Å². The molecule has 33 heavy (non-hydrogen) atoms. The van der Waals surface area contributed by atoms with Crippen LogP contribution in [0.3, 0.4) is 0 Å². The highest BCUT2D eigenvalue weighted by Crippen LogP contribution is 2.31. The number of rotatable bonds is 7. The van der Waals surface area contributed by atoms with Crippen LogP contribution in [0, 0.1) is 0 Å². The number of halogens is 4. The van der Waals surface area contributed by atoms with Crippen LogP contribution in [0.25, 0.3) is 0 Å². The van der Waals surface area contributed by atoms with Crippen LogP contribution in [0.1, 0.15) is 12.5 Å². The summed E-state index contributed by atoms with van der Waals surface area (Å²) in [5.74, 6) is -0.0695. The van der Waals surface area contributed by atoms with E-state index in [-0.39, 0.29) is 10.6 Å². The van der Waals surface area contributed by atoms with Gasteiger partial charge >= 0.3 is 6.18 Å². The van der Waals surface area contributed by atoms with Crippen molar-refractivity contribution in [1.82, 2.24) is 0 Å². The molecule has 0 aromatic heterocycles. The first-order valence-corrected chi connectivity index (χ1v) is 11.3. The third-order valence-corrected chi connectivity index (χ3v) is 5.98. The Balaban J connectivity index is 1.66. The molecule has 0 spiro atoms. The summed E-state index contributed by atoms with van der Waals surface area (Å²) < 4.78 is 71.2. The van der Waals surface area contributed by atoms with Crippen LogP contribution in [0.5, 0.6) is 5.75 Å². The summed E-state index contributed by atoms with van der Waals surface area (Å²) in [4.78, 5) is 12.2. The molecule has 174 valence electrons. The monoisotopic (exact) mass is 498 g/mol. The van der Waals surface area contributed by atoms with Crippen molar-refractivity contribution in [3.63, 3.8) is 0 Å². The molecule has 0 saturated carbocycles. The number of carbonyl (C=O) groups excluding carboxylic acids is 1. The molecule has 0 saturated heterocycles. The average Bonchev–Trinajstić information content (AvgIpc) is 2.73. The number of nitrogens with one attached hydrogen (secondary N) is 2. The fourth-order valence-electron chi connectivity index (χ4n) is 2.73. The van der Waals surface area contributed by atoms with E-state index in [1.807, 2.05) is 0 Å². The average molecular weight is 499 g/mol. The molecule has 6 nitrogen and oxygen atoms in total. The molecule has 0 aliphatic rings. The summed E-state index contributed by atoms with van der Waals surface area (Å²) in [5, 5.41) is 3.05. The first-order valence-electron chi connectivity index (χ1n) is 9.47. The molecule has 0 fully saturated rings. The lowest BCUT2D eigenvalue weighted by Crippen LogP contribution is -2.30. The fourth-order valence-corrected chi connectivity index (χ4v) is 3.96. The molecule has 3 aromatic rings. The van der Waals surface area contributed by atoms with Crippen molar-refractivity contribution in [1.29, 1.82) is 0 Å². The molecule has 0 aliphatic heterocycles. The van der Waals surface area contributed by atoms with Gasteiger partial charge in [0.05, 0.1) is 10.5 Å². The molecule has 0 bridgehead atoms. The molecule has 2 N–H and O–H groups in total. The summed E-state index contributed by atoms with van der Waals surface area (Å²) in [6.07, 6.45) is -5.47. The highest BCUT2D eigenvalue weighted by atomic mass is 35.5. The predicted octanol–water partition coefficient (Wildman–Crippen LogP) is 5.57. The Morgan fingerprint density at radius 3 is 2.27 bits per heavy atom. The van der Waals surface area contributed by atoms with Gasteiger partial charge in [0.25, 0.3) is 15.9 Å². The van der Waals surface area contributed by atoms with Crippen molar-refractivity contribution < 1.29 is 31.1 Å². The van der Waals surface area contributed by atoms with Gasteiger partial charge < -0.3 is 10.1 Å². The van der Waals surface area contributed by atoms with Gasteiger partial charge in [-0.05, 0) is 67.6 Å². The minimum absolute atomic E-state index is 0.193. The Morgan fingerprint density at radius 2 is 1.64 bits per heavy atom. The van der Waals surface area contributed by atoms with Crippen LogP contribution in [-0.2, 0) is 21.0 Å². The predicted molar refractivity (Wildman–Crippen MR) is 119 cm³/mol. The van der Waals surface area contributed by atoms with E-state index in [2.05, 4.69) is 10.0 Å². The normalized spacial score (nSPS) is 12.6. The third-order valence-electron chi connectivity index (χ3n) is 4.35. The van der Waals surface area contributed by atoms with Crippen LogP contribution < -0.4 is 14.8 Å². The summed E-state index contributed by atoms with van der Waals surface area (Å²) >= 11 is 5.88. The largest absolute Gasteiger partial charge is 0.481 e. The Morgan fingerprint density at radius 1 is 0.970 bits per heavy atom. The van der Waals surface area contributed by atoms with Crippen LogP contribution in [-0.4, -0.2) is 20.4 Å². The standard InChI is InChI=1S/C22H18ClF3N2O4S/c1-14(32-19-7-3-5-16(23)13-19)21(29)27-17-8-10-20(11-9-17)33(30,31)28-18-6-2-4-15(12-18)22(24,25)26/h2-14,28H,1H3,(H,27,29)/t14-/m1/s1. The first-order chi connectivity index (χ1) is 15.4. The maximum Gasteiger partial charge on any atom is 0.416 e. The minimum Gasteiger partial charge on any atom is -0.481 e. The SMILES string of the molecule is C[C@@H](Oc1cccc(Cl)c1)C(=O)Nc1ccc(S(=O)(=O)Nc2cccc(C(F)(F)F)c2)cc1. The molecular formula is C22H18ClF3N2O4S. The summed E-state index contributed by atoms with van der Waals surface area (Å²) in [7, 11) is -4.15. The molecule has 0 aliphatic carbocycles. The number of carbonyl (C=O) groups is 1. The topological polar surface area (TPSA) is 84.5 Å². The van der Waals surface area contributed by atoms with E-state index >= 15 is 0 Å². The van der Waals surface area contributed by atoms with Gasteiger partial charge in [-0.15, -0.1) is 0 Å². The fraction of sp³-hybridized carbons (Fsp3) is 0.136. The number of ether oxygens (including phenoxy) is 1. The molecule has 0 radical (unpaired) electrons. The highest BCUT2D eigenvalue weighted by molar-refractivity contribution is 7.92. The van der Waals surface area contributed by atoms with E-state index in [9.17, 15) is 26.4 Å². The molecular weight excluding hydrogens is 481 g/mol. The Labute approximate surface area is 193 Å². The quantitative estimate of drug-likeness (QED) is 0.446. The van der Waals surface area contributed by atoms with Crippen molar-refractivity contribution in [2.45, 2.75) is 24.1 Å². The third kappa shape index (κ3) is 6.62. The van der Waals surface area contributed by atoms with Gasteiger partial charge in [0, 0.05) is 16.4 Å². The van der Waals surface area contributed by atoms with Crippen molar-refractivity contribution in [3.8, 4) is 5.75 Å².